The highest BCUT2D eigenvalue weighted by molar-refractivity contribution is 6.35. The zero-order valence-electron chi connectivity index (χ0n) is 10.4. The molecule has 0 atom stereocenters. The summed E-state index contributed by atoms with van der Waals surface area (Å²) >= 11 is 12.1. The Morgan fingerprint density at radius 1 is 1.42 bits per heavy atom. The van der Waals surface area contributed by atoms with E-state index in [1.807, 2.05) is 13.0 Å². The number of rotatable bonds is 5. The summed E-state index contributed by atoms with van der Waals surface area (Å²) < 4.78 is 7.28. The molecule has 0 saturated heterocycles. The van der Waals surface area contributed by atoms with Crippen LogP contribution in [0.1, 0.15) is 18.9 Å². The Morgan fingerprint density at radius 2 is 2.26 bits per heavy atom. The van der Waals surface area contributed by atoms with Gasteiger partial charge in [0.05, 0.1) is 17.8 Å². The van der Waals surface area contributed by atoms with Gasteiger partial charge in [-0.2, -0.15) is 5.10 Å². The Balaban J connectivity index is 2.36. The summed E-state index contributed by atoms with van der Waals surface area (Å²) in [7, 11) is 0. The summed E-state index contributed by atoms with van der Waals surface area (Å²) in [5, 5.41) is 5.14. The van der Waals surface area contributed by atoms with Crippen LogP contribution in [0.4, 0.5) is 0 Å². The van der Waals surface area contributed by atoms with Crippen molar-refractivity contribution in [3.05, 3.63) is 46.5 Å². The van der Waals surface area contributed by atoms with Gasteiger partial charge in [0.25, 0.3) is 0 Å². The second kappa shape index (κ2) is 6.59. The van der Waals surface area contributed by atoms with Crippen LogP contribution in [0.25, 0.3) is 12.0 Å². The number of hydrogen-bond donors (Lipinski definition) is 0. The first kappa shape index (κ1) is 13.9. The van der Waals surface area contributed by atoms with Crippen molar-refractivity contribution in [2.24, 2.45) is 0 Å². The van der Waals surface area contributed by atoms with Crippen molar-refractivity contribution in [1.29, 1.82) is 0 Å². The first-order valence-corrected chi connectivity index (χ1v) is 6.60. The Morgan fingerprint density at radius 3 is 2.89 bits per heavy atom. The third-order valence-corrected chi connectivity index (χ3v) is 2.89. The van der Waals surface area contributed by atoms with Crippen molar-refractivity contribution >= 4 is 35.2 Å². The minimum atomic E-state index is 0.537. The summed E-state index contributed by atoms with van der Waals surface area (Å²) in [6.45, 7) is 2.63. The first-order chi connectivity index (χ1) is 9.20. The molecule has 100 valence electrons. The first-order valence-electron chi connectivity index (χ1n) is 5.85. The van der Waals surface area contributed by atoms with Crippen LogP contribution < -0.4 is 0 Å². The van der Waals surface area contributed by atoms with Crippen LogP contribution in [0, 0.1) is 0 Å². The lowest BCUT2D eigenvalue weighted by Gasteiger charge is -2.11. The Bertz CT molecular complexity index is 567. The molecular formula is C13H13Cl2N3O. The number of aromatic nitrogens is 3. The number of benzene rings is 1. The van der Waals surface area contributed by atoms with E-state index in [0.717, 1.165) is 12.0 Å². The Labute approximate surface area is 121 Å². The SMILES string of the molecule is CCCOC(=Cn1cncn1)c1ccc(Cl)cc1Cl. The molecule has 1 heterocycles. The van der Waals surface area contributed by atoms with Crippen LogP contribution in [-0.2, 0) is 4.74 Å². The van der Waals surface area contributed by atoms with Crippen molar-refractivity contribution < 1.29 is 4.74 Å². The monoisotopic (exact) mass is 297 g/mol. The molecular weight excluding hydrogens is 285 g/mol. The number of halogens is 2. The fraction of sp³-hybridized carbons (Fsp3) is 0.231. The predicted molar refractivity (Wildman–Crippen MR) is 76.9 cm³/mol. The van der Waals surface area contributed by atoms with Gasteiger partial charge in [0.1, 0.15) is 18.4 Å². The molecule has 0 spiro atoms. The summed E-state index contributed by atoms with van der Waals surface area (Å²) in [6, 6.07) is 5.28. The van der Waals surface area contributed by atoms with Gasteiger partial charge in [-0.1, -0.05) is 30.1 Å². The maximum absolute atomic E-state index is 6.19. The molecule has 0 N–H and O–H groups in total. The number of hydrogen-bond acceptors (Lipinski definition) is 3. The van der Waals surface area contributed by atoms with Crippen LogP contribution in [0.15, 0.2) is 30.9 Å². The molecule has 0 amide bonds. The van der Waals surface area contributed by atoms with Crippen LogP contribution in [0.3, 0.4) is 0 Å². The molecule has 6 heteroatoms. The molecule has 0 unspecified atom stereocenters. The van der Waals surface area contributed by atoms with E-state index in [4.69, 9.17) is 27.9 Å². The maximum atomic E-state index is 6.19. The van der Waals surface area contributed by atoms with Gasteiger partial charge in [-0.15, -0.1) is 0 Å². The van der Waals surface area contributed by atoms with Gasteiger partial charge >= 0.3 is 0 Å². The van der Waals surface area contributed by atoms with E-state index in [0.29, 0.717) is 22.4 Å². The molecule has 1 aromatic heterocycles. The predicted octanol–water partition coefficient (Wildman–Crippen LogP) is 3.97. The molecule has 0 aliphatic rings. The quantitative estimate of drug-likeness (QED) is 0.784. The van der Waals surface area contributed by atoms with Gasteiger partial charge in [0.15, 0.2) is 0 Å². The van der Waals surface area contributed by atoms with E-state index in [2.05, 4.69) is 10.1 Å². The van der Waals surface area contributed by atoms with E-state index >= 15 is 0 Å². The van der Waals surface area contributed by atoms with Gasteiger partial charge in [0.2, 0.25) is 0 Å². The lowest BCUT2D eigenvalue weighted by molar-refractivity contribution is 0.278. The molecule has 4 nitrogen and oxygen atoms in total. The molecule has 0 fully saturated rings. The third kappa shape index (κ3) is 3.72. The molecule has 0 aliphatic heterocycles. The topological polar surface area (TPSA) is 39.9 Å². The molecule has 1 aromatic carbocycles. The smallest absolute Gasteiger partial charge is 0.146 e. The van der Waals surface area contributed by atoms with E-state index in [9.17, 15) is 0 Å². The molecule has 0 saturated carbocycles. The van der Waals surface area contributed by atoms with Crippen molar-refractivity contribution in [3.8, 4) is 0 Å². The Kier molecular flexibility index (Phi) is 4.82. The lowest BCUT2D eigenvalue weighted by atomic mass is 10.2. The second-order valence-electron chi connectivity index (χ2n) is 3.84. The van der Waals surface area contributed by atoms with Gasteiger partial charge in [-0.05, 0) is 24.6 Å². The molecule has 19 heavy (non-hydrogen) atoms. The highest BCUT2D eigenvalue weighted by Crippen LogP contribution is 2.28. The van der Waals surface area contributed by atoms with Gasteiger partial charge in [-0.25, -0.2) is 9.67 Å². The second-order valence-corrected chi connectivity index (χ2v) is 4.69. The maximum Gasteiger partial charge on any atom is 0.146 e. The van der Waals surface area contributed by atoms with Gasteiger partial charge < -0.3 is 4.74 Å². The molecule has 2 rings (SSSR count). The largest absolute Gasteiger partial charge is 0.491 e. The lowest BCUT2D eigenvalue weighted by Crippen LogP contribution is -1.98. The van der Waals surface area contributed by atoms with Crippen LogP contribution in [0.2, 0.25) is 10.0 Å². The highest BCUT2D eigenvalue weighted by atomic mass is 35.5. The van der Waals surface area contributed by atoms with E-state index in [-0.39, 0.29) is 0 Å². The highest BCUT2D eigenvalue weighted by Gasteiger charge is 2.09. The minimum absolute atomic E-state index is 0.537. The summed E-state index contributed by atoms with van der Waals surface area (Å²) in [5.74, 6) is 0.633. The minimum Gasteiger partial charge on any atom is -0.491 e. The summed E-state index contributed by atoms with van der Waals surface area (Å²) in [5.41, 5.74) is 0.773. The summed E-state index contributed by atoms with van der Waals surface area (Å²) in [4.78, 5) is 3.88. The Hall–Kier alpha value is -1.52. The summed E-state index contributed by atoms with van der Waals surface area (Å²) in [6.07, 6.45) is 5.67. The van der Waals surface area contributed by atoms with Crippen molar-refractivity contribution in [2.45, 2.75) is 13.3 Å². The fourth-order valence-electron chi connectivity index (χ4n) is 1.49. The zero-order valence-corrected chi connectivity index (χ0v) is 11.9. The normalized spacial score (nSPS) is 11.6. The third-order valence-electron chi connectivity index (χ3n) is 2.34. The van der Waals surface area contributed by atoms with Crippen LogP contribution in [-0.4, -0.2) is 21.4 Å². The van der Waals surface area contributed by atoms with Crippen LogP contribution in [0.5, 0.6) is 0 Å². The van der Waals surface area contributed by atoms with E-state index in [1.54, 1.807) is 29.3 Å². The molecule has 0 radical (unpaired) electrons. The average Bonchev–Trinajstić information content (AvgIpc) is 2.88. The number of nitrogens with zero attached hydrogens (tertiary/aromatic N) is 3. The molecule has 0 bridgehead atoms. The van der Waals surface area contributed by atoms with Gasteiger partial charge in [0, 0.05) is 10.6 Å². The zero-order chi connectivity index (χ0) is 13.7. The van der Waals surface area contributed by atoms with E-state index < -0.39 is 0 Å². The van der Waals surface area contributed by atoms with Gasteiger partial charge in [-0.3, -0.25) is 0 Å². The number of ether oxygens (including phenoxy) is 1. The van der Waals surface area contributed by atoms with Crippen molar-refractivity contribution in [3.63, 3.8) is 0 Å². The average molecular weight is 298 g/mol. The fourth-order valence-corrected chi connectivity index (χ4v) is 1.99. The standard InChI is InChI=1S/C13H13Cl2N3O/c1-2-5-19-13(7-18-9-16-8-17-18)11-4-3-10(14)6-12(11)15/h3-4,6-9H,2,5H2,1H3. The molecule has 2 aromatic rings. The molecule has 0 aliphatic carbocycles. The van der Waals surface area contributed by atoms with E-state index in [1.165, 1.54) is 6.33 Å². The van der Waals surface area contributed by atoms with Crippen molar-refractivity contribution in [1.82, 2.24) is 14.8 Å². The van der Waals surface area contributed by atoms with Crippen molar-refractivity contribution in [2.75, 3.05) is 6.61 Å². The van der Waals surface area contributed by atoms with Crippen LogP contribution >= 0.6 is 23.2 Å².